The molecule has 0 bridgehead atoms. The lowest BCUT2D eigenvalue weighted by Crippen LogP contribution is -2.41. The molecule has 22 heavy (non-hydrogen) atoms. The van der Waals surface area contributed by atoms with Gasteiger partial charge in [0, 0.05) is 24.5 Å². The fourth-order valence-electron chi connectivity index (χ4n) is 2.63. The number of pyridine rings is 1. The van der Waals surface area contributed by atoms with Crippen molar-refractivity contribution in [3.05, 3.63) is 36.3 Å². The first-order valence-electron chi connectivity index (χ1n) is 7.46. The summed E-state index contributed by atoms with van der Waals surface area (Å²) < 4.78 is 6.04. The van der Waals surface area contributed by atoms with Crippen LogP contribution in [0.15, 0.2) is 35.7 Å². The van der Waals surface area contributed by atoms with Crippen LogP contribution in [-0.4, -0.2) is 40.4 Å². The number of piperidine rings is 1. The molecule has 3 rings (SSSR count). The number of hydrogen-bond donors (Lipinski definition) is 0. The lowest BCUT2D eigenvalue weighted by atomic mass is 10.1. The Hall–Kier alpha value is -1.82. The van der Waals surface area contributed by atoms with Gasteiger partial charge >= 0.3 is 0 Å². The first-order valence-corrected chi connectivity index (χ1v) is 8.68. The Morgan fingerprint density at radius 1 is 1.36 bits per heavy atom. The minimum Gasteiger partial charge on any atom is -0.487 e. The smallest absolute Gasteiger partial charge is 0.189 e. The molecule has 2 aromatic rings. The van der Waals surface area contributed by atoms with E-state index in [9.17, 15) is 0 Å². The number of aromatic nitrogens is 3. The van der Waals surface area contributed by atoms with Crippen LogP contribution >= 0.6 is 11.8 Å². The van der Waals surface area contributed by atoms with Gasteiger partial charge in [-0.2, -0.15) is 0 Å². The zero-order chi connectivity index (χ0) is 15.4. The maximum atomic E-state index is 6.04. The molecular formula is C16H20N4OS. The van der Waals surface area contributed by atoms with Crippen LogP contribution in [0.4, 0.5) is 5.82 Å². The minimum atomic E-state index is 0.172. The Kier molecular flexibility index (Phi) is 4.77. The summed E-state index contributed by atoms with van der Waals surface area (Å²) >= 11 is 1.58. The van der Waals surface area contributed by atoms with Gasteiger partial charge in [-0.3, -0.25) is 4.98 Å². The third kappa shape index (κ3) is 3.68. The predicted molar refractivity (Wildman–Crippen MR) is 88.7 cm³/mol. The molecule has 1 fully saturated rings. The van der Waals surface area contributed by atoms with Crippen molar-refractivity contribution in [2.75, 3.05) is 24.2 Å². The molecule has 2 aromatic heterocycles. The standard InChI is InChI=1S/C16H20N4OS/c1-12-9-15(19-16(18-12)22-2)20-8-4-6-14(11-20)21-13-5-3-7-17-10-13/h3,5,7,9-10,14H,4,6,8,11H2,1-2H3. The molecule has 1 aliphatic rings. The molecule has 0 spiro atoms. The van der Waals surface area contributed by atoms with Crippen LogP contribution in [0.3, 0.4) is 0 Å². The van der Waals surface area contributed by atoms with E-state index in [-0.39, 0.29) is 6.10 Å². The summed E-state index contributed by atoms with van der Waals surface area (Å²) in [6, 6.07) is 5.90. The summed E-state index contributed by atoms with van der Waals surface area (Å²) in [7, 11) is 0. The van der Waals surface area contributed by atoms with Gasteiger partial charge < -0.3 is 9.64 Å². The highest BCUT2D eigenvalue weighted by atomic mass is 32.2. The quantitative estimate of drug-likeness (QED) is 0.638. The normalized spacial score (nSPS) is 18.3. The van der Waals surface area contributed by atoms with Crippen molar-refractivity contribution in [2.24, 2.45) is 0 Å². The van der Waals surface area contributed by atoms with Crippen molar-refractivity contribution in [1.82, 2.24) is 15.0 Å². The third-order valence-corrected chi connectivity index (χ3v) is 4.19. The average Bonchev–Trinajstić information content (AvgIpc) is 2.55. The second kappa shape index (κ2) is 6.96. The molecule has 0 aromatic carbocycles. The monoisotopic (exact) mass is 316 g/mol. The topological polar surface area (TPSA) is 51.1 Å². The second-order valence-corrected chi connectivity index (χ2v) is 6.14. The van der Waals surface area contributed by atoms with Gasteiger partial charge in [0.25, 0.3) is 0 Å². The summed E-state index contributed by atoms with van der Waals surface area (Å²) in [4.78, 5) is 15.4. The van der Waals surface area contributed by atoms with Crippen LogP contribution in [0.25, 0.3) is 0 Å². The van der Waals surface area contributed by atoms with Gasteiger partial charge in [-0.15, -0.1) is 0 Å². The van der Waals surface area contributed by atoms with Crippen molar-refractivity contribution in [3.8, 4) is 5.75 Å². The van der Waals surface area contributed by atoms with Crippen LogP contribution in [0.1, 0.15) is 18.5 Å². The van der Waals surface area contributed by atoms with E-state index in [4.69, 9.17) is 4.74 Å². The molecule has 116 valence electrons. The van der Waals surface area contributed by atoms with E-state index in [1.807, 2.05) is 31.4 Å². The molecule has 3 heterocycles. The van der Waals surface area contributed by atoms with Crippen molar-refractivity contribution in [3.63, 3.8) is 0 Å². The summed E-state index contributed by atoms with van der Waals surface area (Å²) in [5, 5.41) is 0.824. The van der Waals surface area contributed by atoms with Crippen LogP contribution in [0, 0.1) is 6.92 Å². The lowest BCUT2D eigenvalue weighted by molar-refractivity contribution is 0.178. The summed E-state index contributed by atoms with van der Waals surface area (Å²) in [6.07, 6.45) is 7.86. The molecule has 0 N–H and O–H groups in total. The van der Waals surface area contributed by atoms with E-state index in [1.165, 1.54) is 0 Å². The fourth-order valence-corrected chi connectivity index (χ4v) is 3.05. The SMILES string of the molecule is CSc1nc(C)cc(N2CCCC(Oc3cccnc3)C2)n1. The van der Waals surface area contributed by atoms with E-state index in [1.54, 1.807) is 24.2 Å². The highest BCUT2D eigenvalue weighted by Crippen LogP contribution is 2.23. The predicted octanol–water partition coefficient (Wildman–Crippen LogP) is 2.95. The van der Waals surface area contributed by atoms with Gasteiger partial charge in [-0.05, 0) is 38.2 Å². The molecule has 0 aliphatic carbocycles. The van der Waals surface area contributed by atoms with E-state index in [2.05, 4.69) is 19.9 Å². The first-order chi connectivity index (χ1) is 10.7. The molecule has 0 saturated carbocycles. The Bertz CT molecular complexity index is 623. The van der Waals surface area contributed by atoms with Crippen LogP contribution in [0.2, 0.25) is 0 Å². The Morgan fingerprint density at radius 2 is 2.27 bits per heavy atom. The number of rotatable bonds is 4. The van der Waals surface area contributed by atoms with Crippen molar-refractivity contribution >= 4 is 17.6 Å². The zero-order valence-corrected chi connectivity index (χ0v) is 13.7. The van der Waals surface area contributed by atoms with Gasteiger partial charge in [0.15, 0.2) is 5.16 Å². The van der Waals surface area contributed by atoms with Crippen LogP contribution < -0.4 is 9.64 Å². The first kappa shape index (κ1) is 15.1. The number of thioether (sulfide) groups is 1. The van der Waals surface area contributed by atoms with E-state index < -0.39 is 0 Å². The molecule has 1 saturated heterocycles. The molecule has 6 heteroatoms. The molecule has 1 unspecified atom stereocenters. The number of anilines is 1. The number of aryl methyl sites for hydroxylation is 1. The summed E-state index contributed by atoms with van der Waals surface area (Å²) in [5.74, 6) is 1.83. The Labute approximate surface area is 135 Å². The Balaban J connectivity index is 1.71. The molecule has 1 atom stereocenters. The van der Waals surface area contributed by atoms with Gasteiger partial charge in [0.2, 0.25) is 0 Å². The third-order valence-electron chi connectivity index (χ3n) is 3.64. The zero-order valence-electron chi connectivity index (χ0n) is 12.9. The van der Waals surface area contributed by atoms with Gasteiger partial charge in [0.1, 0.15) is 17.7 Å². The summed E-state index contributed by atoms with van der Waals surface area (Å²) in [6.45, 7) is 3.87. The lowest BCUT2D eigenvalue weighted by Gasteiger charge is -2.33. The van der Waals surface area contributed by atoms with E-state index in [0.717, 1.165) is 48.3 Å². The number of nitrogens with zero attached hydrogens (tertiary/aromatic N) is 4. The van der Waals surface area contributed by atoms with Crippen molar-refractivity contribution in [1.29, 1.82) is 0 Å². The van der Waals surface area contributed by atoms with Crippen molar-refractivity contribution < 1.29 is 4.74 Å². The second-order valence-electron chi connectivity index (χ2n) is 5.37. The van der Waals surface area contributed by atoms with Crippen LogP contribution in [0.5, 0.6) is 5.75 Å². The van der Waals surface area contributed by atoms with Crippen LogP contribution in [-0.2, 0) is 0 Å². The van der Waals surface area contributed by atoms with Crippen molar-refractivity contribution in [2.45, 2.75) is 31.0 Å². The maximum Gasteiger partial charge on any atom is 0.189 e. The molecular weight excluding hydrogens is 296 g/mol. The summed E-state index contributed by atoms with van der Waals surface area (Å²) in [5.41, 5.74) is 1.00. The average molecular weight is 316 g/mol. The number of hydrogen-bond acceptors (Lipinski definition) is 6. The largest absolute Gasteiger partial charge is 0.487 e. The molecule has 5 nitrogen and oxygen atoms in total. The highest BCUT2D eigenvalue weighted by Gasteiger charge is 2.23. The van der Waals surface area contributed by atoms with Gasteiger partial charge in [-0.25, -0.2) is 9.97 Å². The molecule has 1 aliphatic heterocycles. The van der Waals surface area contributed by atoms with E-state index >= 15 is 0 Å². The fraction of sp³-hybridized carbons (Fsp3) is 0.438. The Morgan fingerprint density at radius 3 is 3.05 bits per heavy atom. The minimum absolute atomic E-state index is 0.172. The highest BCUT2D eigenvalue weighted by molar-refractivity contribution is 7.98. The number of ether oxygens (including phenoxy) is 1. The molecule has 0 radical (unpaired) electrons. The van der Waals surface area contributed by atoms with Gasteiger partial charge in [-0.1, -0.05) is 11.8 Å². The van der Waals surface area contributed by atoms with E-state index in [0.29, 0.717) is 0 Å². The van der Waals surface area contributed by atoms with Gasteiger partial charge in [0.05, 0.1) is 12.7 Å². The maximum absolute atomic E-state index is 6.04. The molecule has 0 amide bonds.